The molecule has 0 aromatic carbocycles. The molecule has 2 fully saturated rings. The van der Waals surface area contributed by atoms with E-state index in [1.807, 2.05) is 0 Å². The standard InChI is InChI=1S/C17H27N3O4S/c1-12-4-3-5-15(13(12)2)19-17(21)16-10-14(11-18-16)25(22,23)20-6-8-24-9-7-20/h10-13,15,18H,3-9H2,1-2H3,(H,19,21). The third-order valence-corrected chi connectivity index (χ3v) is 7.41. The third kappa shape index (κ3) is 3.91. The average molecular weight is 369 g/mol. The average Bonchev–Trinajstić information content (AvgIpc) is 3.11. The van der Waals surface area contributed by atoms with Crippen LogP contribution in [0.25, 0.3) is 0 Å². The van der Waals surface area contributed by atoms with Crippen LogP contribution in [-0.2, 0) is 14.8 Å². The van der Waals surface area contributed by atoms with Crippen LogP contribution in [0.5, 0.6) is 0 Å². The molecule has 3 rings (SSSR count). The van der Waals surface area contributed by atoms with Gasteiger partial charge in [0.05, 0.1) is 13.2 Å². The molecule has 1 aliphatic heterocycles. The molecule has 1 aliphatic carbocycles. The number of carbonyl (C=O) groups is 1. The molecule has 0 radical (unpaired) electrons. The summed E-state index contributed by atoms with van der Waals surface area (Å²) in [6, 6.07) is 1.57. The first-order valence-electron chi connectivity index (χ1n) is 8.97. The highest BCUT2D eigenvalue weighted by molar-refractivity contribution is 7.89. The van der Waals surface area contributed by atoms with Crippen molar-refractivity contribution in [3.63, 3.8) is 0 Å². The second-order valence-corrected chi connectivity index (χ2v) is 9.05. The van der Waals surface area contributed by atoms with Gasteiger partial charge in [-0.1, -0.05) is 26.7 Å². The molecule has 140 valence electrons. The molecule has 3 unspecified atom stereocenters. The zero-order valence-electron chi connectivity index (χ0n) is 14.8. The van der Waals surface area contributed by atoms with E-state index in [9.17, 15) is 13.2 Å². The van der Waals surface area contributed by atoms with Crippen LogP contribution in [0.1, 0.15) is 43.6 Å². The van der Waals surface area contributed by atoms with E-state index in [4.69, 9.17) is 4.74 Å². The van der Waals surface area contributed by atoms with E-state index in [1.165, 1.54) is 23.0 Å². The van der Waals surface area contributed by atoms with Gasteiger partial charge in [0.25, 0.3) is 5.91 Å². The Morgan fingerprint density at radius 3 is 2.72 bits per heavy atom. The Bertz CT molecular complexity index is 709. The largest absolute Gasteiger partial charge is 0.379 e. The van der Waals surface area contributed by atoms with Crippen LogP contribution in [-0.4, -0.2) is 56.0 Å². The van der Waals surface area contributed by atoms with Gasteiger partial charge in [-0.3, -0.25) is 4.79 Å². The highest BCUT2D eigenvalue weighted by Crippen LogP contribution is 2.29. The van der Waals surface area contributed by atoms with Crippen LogP contribution >= 0.6 is 0 Å². The topological polar surface area (TPSA) is 91.5 Å². The van der Waals surface area contributed by atoms with E-state index < -0.39 is 10.0 Å². The van der Waals surface area contributed by atoms with Crippen LogP contribution in [0.15, 0.2) is 17.2 Å². The fourth-order valence-electron chi connectivity index (χ4n) is 3.62. The number of H-pyrrole nitrogens is 1. The van der Waals surface area contributed by atoms with E-state index in [0.29, 0.717) is 38.1 Å². The Morgan fingerprint density at radius 2 is 2.00 bits per heavy atom. The molecule has 3 atom stereocenters. The minimum absolute atomic E-state index is 0.129. The molecule has 1 saturated heterocycles. The molecular weight excluding hydrogens is 342 g/mol. The highest BCUT2D eigenvalue weighted by Gasteiger charge is 2.30. The first-order valence-corrected chi connectivity index (χ1v) is 10.4. The number of aromatic nitrogens is 1. The third-order valence-electron chi connectivity index (χ3n) is 5.53. The maximum Gasteiger partial charge on any atom is 0.267 e. The smallest absolute Gasteiger partial charge is 0.267 e. The van der Waals surface area contributed by atoms with Gasteiger partial charge in [0.1, 0.15) is 10.6 Å². The molecule has 1 saturated carbocycles. The van der Waals surface area contributed by atoms with E-state index >= 15 is 0 Å². The van der Waals surface area contributed by atoms with Crippen molar-refractivity contribution in [3.8, 4) is 0 Å². The van der Waals surface area contributed by atoms with Gasteiger partial charge in [-0.15, -0.1) is 0 Å². The number of hydrogen-bond donors (Lipinski definition) is 2. The summed E-state index contributed by atoms with van der Waals surface area (Å²) < 4.78 is 31.8. The molecule has 2 aliphatic rings. The Labute approximate surface area is 149 Å². The molecule has 7 nitrogen and oxygen atoms in total. The summed E-state index contributed by atoms with van der Waals surface area (Å²) in [6.07, 6.45) is 4.67. The summed E-state index contributed by atoms with van der Waals surface area (Å²) in [5.41, 5.74) is 0.289. The first kappa shape index (κ1) is 18.4. The van der Waals surface area contributed by atoms with Crippen molar-refractivity contribution in [2.24, 2.45) is 11.8 Å². The quantitative estimate of drug-likeness (QED) is 0.843. The number of ether oxygens (including phenoxy) is 1. The molecule has 8 heteroatoms. The maximum absolute atomic E-state index is 12.6. The van der Waals surface area contributed by atoms with Gasteiger partial charge in [0, 0.05) is 25.3 Å². The van der Waals surface area contributed by atoms with Gasteiger partial charge >= 0.3 is 0 Å². The van der Waals surface area contributed by atoms with E-state index in [-0.39, 0.29) is 22.5 Å². The van der Waals surface area contributed by atoms with Crippen LogP contribution in [0.3, 0.4) is 0 Å². The fourth-order valence-corrected chi connectivity index (χ4v) is 5.02. The second-order valence-electron chi connectivity index (χ2n) is 7.11. The summed E-state index contributed by atoms with van der Waals surface area (Å²) in [7, 11) is -3.59. The van der Waals surface area contributed by atoms with E-state index in [2.05, 4.69) is 24.1 Å². The van der Waals surface area contributed by atoms with Crippen molar-refractivity contribution in [1.29, 1.82) is 0 Å². The summed E-state index contributed by atoms with van der Waals surface area (Å²) in [5.74, 6) is 0.763. The number of hydrogen-bond acceptors (Lipinski definition) is 4. The SMILES string of the molecule is CC1CCCC(NC(=O)c2cc(S(=O)(=O)N3CCOCC3)c[nH]2)C1C. The van der Waals surface area contributed by atoms with Gasteiger partial charge < -0.3 is 15.0 Å². The Kier molecular flexibility index (Phi) is 5.50. The lowest BCUT2D eigenvalue weighted by Crippen LogP contribution is -2.43. The number of nitrogens with zero attached hydrogens (tertiary/aromatic N) is 1. The molecular formula is C17H27N3O4S. The number of sulfonamides is 1. The minimum atomic E-state index is -3.59. The molecule has 25 heavy (non-hydrogen) atoms. The summed E-state index contributed by atoms with van der Waals surface area (Å²) >= 11 is 0. The Hall–Kier alpha value is -1.38. The van der Waals surface area contributed by atoms with Gasteiger partial charge in [-0.05, 0) is 24.3 Å². The lowest BCUT2D eigenvalue weighted by atomic mass is 9.78. The van der Waals surface area contributed by atoms with Crippen molar-refractivity contribution >= 4 is 15.9 Å². The van der Waals surface area contributed by atoms with Gasteiger partial charge in [0.2, 0.25) is 10.0 Å². The monoisotopic (exact) mass is 369 g/mol. The van der Waals surface area contributed by atoms with Crippen LogP contribution in [0.4, 0.5) is 0 Å². The molecule has 2 N–H and O–H groups in total. The molecule has 0 bridgehead atoms. The van der Waals surface area contributed by atoms with Crippen molar-refractivity contribution in [3.05, 3.63) is 18.0 Å². The maximum atomic E-state index is 12.6. The predicted octanol–water partition coefficient (Wildman–Crippen LogP) is 1.59. The molecule has 1 aromatic heterocycles. The van der Waals surface area contributed by atoms with Crippen LogP contribution in [0.2, 0.25) is 0 Å². The number of carbonyl (C=O) groups excluding carboxylic acids is 1. The first-order chi connectivity index (χ1) is 11.9. The van der Waals surface area contributed by atoms with E-state index in [0.717, 1.165) is 12.8 Å². The van der Waals surface area contributed by atoms with E-state index in [1.54, 1.807) is 0 Å². The zero-order valence-corrected chi connectivity index (χ0v) is 15.6. The normalized spacial score (nSPS) is 28.6. The van der Waals surface area contributed by atoms with Crippen molar-refractivity contribution in [2.75, 3.05) is 26.3 Å². The number of morpholine rings is 1. The Balaban J connectivity index is 1.69. The van der Waals surface area contributed by atoms with Gasteiger partial charge in [-0.2, -0.15) is 4.31 Å². The van der Waals surface area contributed by atoms with Gasteiger partial charge in [0.15, 0.2) is 0 Å². The lowest BCUT2D eigenvalue weighted by Gasteiger charge is -2.34. The van der Waals surface area contributed by atoms with Gasteiger partial charge in [-0.25, -0.2) is 8.42 Å². The Morgan fingerprint density at radius 1 is 1.28 bits per heavy atom. The highest BCUT2D eigenvalue weighted by atomic mass is 32.2. The molecule has 0 spiro atoms. The number of nitrogens with one attached hydrogen (secondary N) is 2. The van der Waals surface area contributed by atoms with Crippen molar-refractivity contribution in [1.82, 2.24) is 14.6 Å². The van der Waals surface area contributed by atoms with Crippen molar-refractivity contribution < 1.29 is 17.9 Å². The predicted molar refractivity (Wildman–Crippen MR) is 93.8 cm³/mol. The minimum Gasteiger partial charge on any atom is -0.379 e. The number of amides is 1. The second kappa shape index (κ2) is 7.47. The molecule has 2 heterocycles. The summed E-state index contributed by atoms with van der Waals surface area (Å²) in [5, 5.41) is 3.06. The number of rotatable bonds is 4. The summed E-state index contributed by atoms with van der Waals surface area (Å²) in [4.78, 5) is 15.5. The summed E-state index contributed by atoms with van der Waals surface area (Å²) in [6.45, 7) is 5.85. The fraction of sp³-hybridized carbons (Fsp3) is 0.706. The number of aromatic amines is 1. The van der Waals surface area contributed by atoms with Crippen LogP contribution < -0.4 is 5.32 Å². The zero-order chi connectivity index (χ0) is 18.0. The molecule has 1 aromatic rings. The molecule has 1 amide bonds. The lowest BCUT2D eigenvalue weighted by molar-refractivity contribution is 0.0730. The van der Waals surface area contributed by atoms with Crippen LogP contribution in [0, 0.1) is 11.8 Å². The van der Waals surface area contributed by atoms with Crippen molar-refractivity contribution in [2.45, 2.75) is 44.0 Å².